The summed E-state index contributed by atoms with van der Waals surface area (Å²) in [5, 5.41) is 0.317. The van der Waals surface area contributed by atoms with Crippen molar-refractivity contribution in [3.05, 3.63) is 28.5 Å². The maximum absolute atomic E-state index is 13.8. The van der Waals surface area contributed by atoms with Crippen LogP contribution >= 0.6 is 11.6 Å². The van der Waals surface area contributed by atoms with Crippen molar-refractivity contribution < 1.29 is 9.13 Å². The van der Waals surface area contributed by atoms with E-state index < -0.39 is 5.82 Å². The molecule has 2 unspecified atom stereocenters. The zero-order valence-electron chi connectivity index (χ0n) is 10.6. The Morgan fingerprint density at radius 3 is 2.78 bits per heavy atom. The molecule has 5 heteroatoms. The largest absolute Gasteiger partial charge is 0.492 e. The van der Waals surface area contributed by atoms with E-state index in [-0.39, 0.29) is 11.8 Å². The highest BCUT2D eigenvalue weighted by molar-refractivity contribution is 6.32. The Bertz CT molecular complexity index is 418. The normalized spacial score (nSPS) is 24.5. The standard InChI is InChI=1S/C13H18ClFN2O/c1-17-7-8(6-16)3-12(17)9-4-10(14)13(18-2)11(15)5-9/h4-5,8,12H,3,6-7,16H2,1-2H3. The highest BCUT2D eigenvalue weighted by Crippen LogP contribution is 2.38. The summed E-state index contributed by atoms with van der Waals surface area (Å²) in [5.41, 5.74) is 6.58. The van der Waals surface area contributed by atoms with Gasteiger partial charge in [0.05, 0.1) is 12.1 Å². The number of likely N-dealkylation sites (tertiary alicyclic amines) is 1. The van der Waals surface area contributed by atoms with Gasteiger partial charge in [-0.15, -0.1) is 0 Å². The van der Waals surface area contributed by atoms with Gasteiger partial charge in [0.15, 0.2) is 11.6 Å². The van der Waals surface area contributed by atoms with Crippen molar-refractivity contribution in [3.63, 3.8) is 0 Å². The summed E-state index contributed by atoms with van der Waals surface area (Å²) in [6.45, 7) is 1.60. The molecule has 1 fully saturated rings. The number of hydrogen-bond donors (Lipinski definition) is 1. The van der Waals surface area contributed by atoms with Crippen molar-refractivity contribution in [2.75, 3.05) is 27.2 Å². The van der Waals surface area contributed by atoms with Gasteiger partial charge in [-0.3, -0.25) is 4.90 Å². The fourth-order valence-corrected chi connectivity index (χ4v) is 2.93. The lowest BCUT2D eigenvalue weighted by atomic mass is 9.99. The van der Waals surface area contributed by atoms with Crippen LogP contribution in [0, 0.1) is 11.7 Å². The Balaban J connectivity index is 2.29. The quantitative estimate of drug-likeness (QED) is 0.919. The van der Waals surface area contributed by atoms with Crippen molar-refractivity contribution in [3.8, 4) is 5.75 Å². The molecule has 1 aromatic carbocycles. The highest BCUT2D eigenvalue weighted by Gasteiger charge is 2.30. The summed E-state index contributed by atoms with van der Waals surface area (Å²) in [7, 11) is 3.44. The first-order valence-electron chi connectivity index (χ1n) is 6.00. The van der Waals surface area contributed by atoms with Crippen LogP contribution in [0.3, 0.4) is 0 Å². The maximum Gasteiger partial charge on any atom is 0.173 e. The number of methoxy groups -OCH3 is 1. The third-order valence-electron chi connectivity index (χ3n) is 3.58. The second-order valence-corrected chi connectivity index (χ2v) is 5.22. The monoisotopic (exact) mass is 272 g/mol. The van der Waals surface area contributed by atoms with Crippen molar-refractivity contribution in [1.82, 2.24) is 4.90 Å². The van der Waals surface area contributed by atoms with Crippen LogP contribution in [0.25, 0.3) is 0 Å². The zero-order valence-corrected chi connectivity index (χ0v) is 11.4. The Kier molecular flexibility index (Phi) is 4.10. The minimum absolute atomic E-state index is 0.108. The molecule has 2 rings (SSSR count). The van der Waals surface area contributed by atoms with Gasteiger partial charge in [0.1, 0.15) is 0 Å². The van der Waals surface area contributed by atoms with Gasteiger partial charge < -0.3 is 10.5 Å². The number of rotatable bonds is 3. The molecular formula is C13H18ClFN2O. The average molecular weight is 273 g/mol. The number of nitrogens with two attached hydrogens (primary N) is 1. The number of halogens is 2. The molecule has 2 atom stereocenters. The van der Waals surface area contributed by atoms with Gasteiger partial charge >= 0.3 is 0 Å². The highest BCUT2D eigenvalue weighted by atomic mass is 35.5. The first kappa shape index (κ1) is 13.6. The van der Waals surface area contributed by atoms with Crippen molar-refractivity contribution >= 4 is 11.6 Å². The molecule has 0 radical (unpaired) electrons. The van der Waals surface area contributed by atoms with Crippen LogP contribution in [0.15, 0.2) is 12.1 Å². The number of nitrogens with zero attached hydrogens (tertiary/aromatic N) is 1. The molecule has 2 N–H and O–H groups in total. The van der Waals surface area contributed by atoms with E-state index in [1.807, 2.05) is 7.05 Å². The summed E-state index contributed by atoms with van der Waals surface area (Å²) in [6.07, 6.45) is 0.940. The molecule has 1 heterocycles. The first-order valence-corrected chi connectivity index (χ1v) is 6.37. The minimum atomic E-state index is -0.412. The van der Waals surface area contributed by atoms with Crippen LogP contribution in [-0.2, 0) is 0 Å². The summed E-state index contributed by atoms with van der Waals surface area (Å²) in [6, 6.07) is 3.46. The molecule has 0 saturated carbocycles. The van der Waals surface area contributed by atoms with E-state index in [1.54, 1.807) is 6.07 Å². The molecule has 100 valence electrons. The second-order valence-electron chi connectivity index (χ2n) is 4.81. The molecule has 0 spiro atoms. The fraction of sp³-hybridized carbons (Fsp3) is 0.538. The minimum Gasteiger partial charge on any atom is -0.492 e. The van der Waals surface area contributed by atoms with Crippen LogP contribution < -0.4 is 10.5 Å². The Labute approximate surface area is 112 Å². The molecule has 3 nitrogen and oxygen atoms in total. The van der Waals surface area contributed by atoms with E-state index in [2.05, 4.69) is 4.90 Å². The van der Waals surface area contributed by atoms with Gasteiger partial charge in [0.2, 0.25) is 0 Å². The van der Waals surface area contributed by atoms with Crippen LogP contribution in [0.4, 0.5) is 4.39 Å². The van der Waals surface area contributed by atoms with E-state index in [0.717, 1.165) is 18.5 Å². The molecule has 1 aromatic rings. The lowest BCUT2D eigenvalue weighted by molar-refractivity contribution is 0.312. The number of benzene rings is 1. The number of hydrogen-bond acceptors (Lipinski definition) is 3. The van der Waals surface area contributed by atoms with Crippen molar-refractivity contribution in [1.29, 1.82) is 0 Å². The van der Waals surface area contributed by atoms with Crippen molar-refractivity contribution in [2.45, 2.75) is 12.5 Å². The summed E-state index contributed by atoms with van der Waals surface area (Å²) in [5.74, 6) is 0.157. The molecule has 0 bridgehead atoms. The molecular weight excluding hydrogens is 255 g/mol. The molecule has 1 aliphatic rings. The van der Waals surface area contributed by atoms with Crippen LogP contribution in [0.1, 0.15) is 18.0 Å². The van der Waals surface area contributed by atoms with E-state index in [0.29, 0.717) is 17.5 Å². The van der Waals surface area contributed by atoms with Gasteiger partial charge in [0.25, 0.3) is 0 Å². The molecule has 0 amide bonds. The predicted molar refractivity (Wildman–Crippen MR) is 70.5 cm³/mol. The Hall–Kier alpha value is -0.840. The van der Waals surface area contributed by atoms with E-state index in [1.165, 1.54) is 13.2 Å². The molecule has 1 saturated heterocycles. The van der Waals surface area contributed by atoms with Gasteiger partial charge in [-0.05, 0) is 43.6 Å². The van der Waals surface area contributed by atoms with Crippen molar-refractivity contribution in [2.24, 2.45) is 11.7 Å². The Morgan fingerprint density at radius 2 is 2.28 bits per heavy atom. The summed E-state index contributed by atoms with van der Waals surface area (Å²) in [4.78, 5) is 2.19. The average Bonchev–Trinajstić information content (AvgIpc) is 2.70. The van der Waals surface area contributed by atoms with Crippen LogP contribution in [0.2, 0.25) is 5.02 Å². The van der Waals surface area contributed by atoms with E-state index >= 15 is 0 Å². The molecule has 1 aliphatic heterocycles. The van der Waals surface area contributed by atoms with Crippen LogP contribution in [0.5, 0.6) is 5.75 Å². The third kappa shape index (κ3) is 2.46. The maximum atomic E-state index is 13.8. The SMILES string of the molecule is COc1c(F)cc(C2CC(CN)CN2C)cc1Cl. The van der Waals surface area contributed by atoms with Gasteiger partial charge in [0, 0.05) is 12.6 Å². The topological polar surface area (TPSA) is 38.5 Å². The summed E-state index contributed by atoms with van der Waals surface area (Å²) >= 11 is 6.02. The van der Waals surface area contributed by atoms with E-state index in [9.17, 15) is 4.39 Å². The lowest BCUT2D eigenvalue weighted by Gasteiger charge is -2.20. The molecule has 0 aromatic heterocycles. The number of ether oxygens (including phenoxy) is 1. The first-order chi connectivity index (χ1) is 8.56. The van der Waals surface area contributed by atoms with Gasteiger partial charge in [-0.2, -0.15) is 0 Å². The fourth-order valence-electron chi connectivity index (χ4n) is 2.63. The van der Waals surface area contributed by atoms with Gasteiger partial charge in [-0.1, -0.05) is 11.6 Å². The summed E-state index contributed by atoms with van der Waals surface area (Å²) < 4.78 is 18.7. The predicted octanol–water partition coefficient (Wildman–Crippen LogP) is 2.44. The second kappa shape index (κ2) is 5.43. The van der Waals surface area contributed by atoms with Crippen LogP contribution in [-0.4, -0.2) is 32.1 Å². The van der Waals surface area contributed by atoms with Gasteiger partial charge in [-0.25, -0.2) is 4.39 Å². The van der Waals surface area contributed by atoms with E-state index in [4.69, 9.17) is 22.1 Å². The zero-order chi connectivity index (χ0) is 13.3. The molecule has 0 aliphatic carbocycles. The Morgan fingerprint density at radius 1 is 1.56 bits per heavy atom. The third-order valence-corrected chi connectivity index (χ3v) is 3.86. The molecule has 18 heavy (non-hydrogen) atoms. The smallest absolute Gasteiger partial charge is 0.173 e. The lowest BCUT2D eigenvalue weighted by Crippen LogP contribution is -2.20.